The van der Waals surface area contributed by atoms with E-state index in [-0.39, 0.29) is 5.69 Å². The Kier molecular flexibility index (Phi) is 5.02. The summed E-state index contributed by atoms with van der Waals surface area (Å²) < 4.78 is 15.1. The largest absolute Gasteiger partial charge is 0.497 e. The molecule has 114 valence electrons. The molecule has 1 heterocycles. The number of hydrogen-bond donors (Lipinski definition) is 0. The second-order valence-electron chi connectivity index (χ2n) is 4.16. The van der Waals surface area contributed by atoms with Crippen molar-refractivity contribution in [2.24, 2.45) is 0 Å². The van der Waals surface area contributed by atoms with Crippen molar-refractivity contribution in [3.05, 3.63) is 48.0 Å². The summed E-state index contributed by atoms with van der Waals surface area (Å²) in [4.78, 5) is 31.4. The molecule has 0 radical (unpaired) electrons. The minimum Gasteiger partial charge on any atom is -0.497 e. The fourth-order valence-electron chi connectivity index (χ4n) is 1.72. The van der Waals surface area contributed by atoms with Gasteiger partial charge in [-0.25, -0.2) is 9.78 Å². The van der Waals surface area contributed by atoms with Gasteiger partial charge in [-0.1, -0.05) is 0 Å². The van der Waals surface area contributed by atoms with E-state index >= 15 is 0 Å². The molecule has 7 nitrogen and oxygen atoms in total. The lowest BCUT2D eigenvalue weighted by molar-refractivity contribution is 0.0467. The molecule has 0 atom stereocenters. The van der Waals surface area contributed by atoms with Gasteiger partial charge in [0.2, 0.25) is 5.78 Å². The van der Waals surface area contributed by atoms with Crippen LogP contribution in [-0.4, -0.2) is 42.5 Å². The zero-order chi connectivity index (χ0) is 15.9. The van der Waals surface area contributed by atoms with Crippen molar-refractivity contribution in [1.29, 1.82) is 0 Å². The summed E-state index contributed by atoms with van der Waals surface area (Å²) in [6.07, 6.45) is 4.07. The summed E-state index contributed by atoms with van der Waals surface area (Å²) in [7, 11) is 2.95. The molecule has 7 heteroatoms. The maximum atomic E-state index is 12.1. The van der Waals surface area contributed by atoms with Gasteiger partial charge in [0, 0.05) is 18.5 Å². The standard InChI is InChI=1S/C15H14N2O5/c1-20-10-3-4-11(14(7-10)21-2)13(18)9-22-15(19)12-8-16-5-6-17-12/h3-8H,9H2,1-2H3. The van der Waals surface area contributed by atoms with Crippen LogP contribution in [0.4, 0.5) is 0 Å². The fraction of sp³-hybridized carbons (Fsp3) is 0.200. The molecule has 0 bridgehead atoms. The zero-order valence-electron chi connectivity index (χ0n) is 12.1. The first kappa shape index (κ1) is 15.4. The van der Waals surface area contributed by atoms with E-state index in [2.05, 4.69) is 9.97 Å². The van der Waals surface area contributed by atoms with E-state index in [9.17, 15) is 9.59 Å². The molecule has 0 unspecified atom stereocenters. The molecule has 0 aliphatic heterocycles. The van der Waals surface area contributed by atoms with E-state index in [0.717, 1.165) is 0 Å². The topological polar surface area (TPSA) is 87.6 Å². The van der Waals surface area contributed by atoms with Gasteiger partial charge in [0.05, 0.1) is 26.0 Å². The summed E-state index contributed by atoms with van der Waals surface area (Å²) >= 11 is 0. The van der Waals surface area contributed by atoms with Crippen LogP contribution in [0.15, 0.2) is 36.8 Å². The first-order chi connectivity index (χ1) is 10.7. The fourth-order valence-corrected chi connectivity index (χ4v) is 1.72. The van der Waals surface area contributed by atoms with Crippen molar-refractivity contribution >= 4 is 11.8 Å². The van der Waals surface area contributed by atoms with E-state index in [1.807, 2.05) is 0 Å². The average Bonchev–Trinajstić information content (AvgIpc) is 2.59. The molecular weight excluding hydrogens is 288 g/mol. The number of carbonyl (C=O) groups excluding carboxylic acids is 2. The lowest BCUT2D eigenvalue weighted by Gasteiger charge is -2.09. The van der Waals surface area contributed by atoms with E-state index < -0.39 is 18.4 Å². The van der Waals surface area contributed by atoms with Crippen LogP contribution in [0.5, 0.6) is 11.5 Å². The Bertz CT molecular complexity index is 673. The summed E-state index contributed by atoms with van der Waals surface area (Å²) in [5.74, 6) is -0.199. The monoisotopic (exact) mass is 302 g/mol. The Morgan fingerprint density at radius 2 is 1.95 bits per heavy atom. The quantitative estimate of drug-likeness (QED) is 0.590. The van der Waals surface area contributed by atoms with Gasteiger partial charge in [-0.3, -0.25) is 9.78 Å². The number of hydrogen-bond acceptors (Lipinski definition) is 7. The lowest BCUT2D eigenvalue weighted by Crippen LogP contribution is -2.16. The molecule has 0 aliphatic carbocycles. The Morgan fingerprint density at radius 3 is 2.59 bits per heavy atom. The summed E-state index contributed by atoms with van der Waals surface area (Å²) in [6, 6.07) is 4.76. The highest BCUT2D eigenvalue weighted by molar-refractivity contribution is 6.01. The number of ketones is 1. The third-order valence-corrected chi connectivity index (χ3v) is 2.82. The number of Topliss-reactive ketones (excluding diaryl/α,β-unsaturated/α-hetero) is 1. The summed E-state index contributed by atoms with van der Waals surface area (Å²) in [6.45, 7) is -0.419. The Morgan fingerprint density at radius 1 is 1.14 bits per heavy atom. The highest BCUT2D eigenvalue weighted by atomic mass is 16.5. The highest BCUT2D eigenvalue weighted by Gasteiger charge is 2.16. The van der Waals surface area contributed by atoms with Crippen molar-refractivity contribution < 1.29 is 23.8 Å². The molecule has 1 aromatic heterocycles. The lowest BCUT2D eigenvalue weighted by atomic mass is 10.1. The Hall–Kier alpha value is -2.96. The highest BCUT2D eigenvalue weighted by Crippen LogP contribution is 2.25. The molecule has 0 saturated heterocycles. The molecule has 1 aromatic carbocycles. The van der Waals surface area contributed by atoms with Gasteiger partial charge in [0.1, 0.15) is 11.5 Å². The summed E-state index contributed by atoms with van der Waals surface area (Å²) in [5, 5.41) is 0. The summed E-state index contributed by atoms with van der Waals surface area (Å²) in [5.41, 5.74) is 0.340. The van der Waals surface area contributed by atoms with Crippen LogP contribution in [0.3, 0.4) is 0 Å². The molecule has 2 aromatic rings. The Labute approximate surface area is 126 Å². The van der Waals surface area contributed by atoms with Crippen LogP contribution < -0.4 is 9.47 Å². The van der Waals surface area contributed by atoms with Crippen LogP contribution in [-0.2, 0) is 4.74 Å². The number of benzene rings is 1. The second kappa shape index (κ2) is 7.16. The maximum absolute atomic E-state index is 12.1. The second-order valence-corrected chi connectivity index (χ2v) is 4.16. The van der Waals surface area contributed by atoms with E-state index in [4.69, 9.17) is 14.2 Å². The van der Waals surface area contributed by atoms with Crippen molar-refractivity contribution in [2.75, 3.05) is 20.8 Å². The van der Waals surface area contributed by atoms with Crippen molar-refractivity contribution in [1.82, 2.24) is 9.97 Å². The van der Waals surface area contributed by atoms with Crippen LogP contribution in [0, 0.1) is 0 Å². The van der Waals surface area contributed by atoms with E-state index in [0.29, 0.717) is 17.1 Å². The molecule has 0 aliphatic rings. The van der Waals surface area contributed by atoms with Gasteiger partial charge in [-0.2, -0.15) is 0 Å². The van der Waals surface area contributed by atoms with Crippen molar-refractivity contribution in [3.8, 4) is 11.5 Å². The van der Waals surface area contributed by atoms with Crippen LogP contribution in [0.2, 0.25) is 0 Å². The molecule has 0 spiro atoms. The number of ether oxygens (including phenoxy) is 3. The van der Waals surface area contributed by atoms with Crippen molar-refractivity contribution in [2.45, 2.75) is 0 Å². The number of rotatable bonds is 6. The number of carbonyl (C=O) groups is 2. The minimum atomic E-state index is -0.714. The van der Waals surface area contributed by atoms with Gasteiger partial charge in [-0.05, 0) is 12.1 Å². The first-order valence-corrected chi connectivity index (χ1v) is 6.34. The predicted molar refractivity (Wildman–Crippen MR) is 76.2 cm³/mol. The SMILES string of the molecule is COc1ccc(C(=O)COC(=O)c2cnccn2)c(OC)c1. The normalized spacial score (nSPS) is 9.91. The maximum Gasteiger partial charge on any atom is 0.358 e. The molecule has 22 heavy (non-hydrogen) atoms. The number of methoxy groups -OCH3 is 2. The molecule has 0 fully saturated rings. The minimum absolute atomic E-state index is 0.0389. The van der Waals surface area contributed by atoms with Crippen LogP contribution in [0.25, 0.3) is 0 Å². The third-order valence-electron chi connectivity index (χ3n) is 2.82. The van der Waals surface area contributed by atoms with Crippen molar-refractivity contribution in [3.63, 3.8) is 0 Å². The molecule has 0 amide bonds. The smallest absolute Gasteiger partial charge is 0.358 e. The van der Waals surface area contributed by atoms with Gasteiger partial charge < -0.3 is 14.2 Å². The third kappa shape index (κ3) is 3.57. The van der Waals surface area contributed by atoms with E-state index in [1.165, 1.54) is 32.8 Å². The predicted octanol–water partition coefficient (Wildman–Crippen LogP) is 1.53. The average molecular weight is 302 g/mol. The van der Waals surface area contributed by atoms with Crippen LogP contribution in [0.1, 0.15) is 20.8 Å². The van der Waals surface area contributed by atoms with Gasteiger partial charge in [-0.15, -0.1) is 0 Å². The molecule has 0 N–H and O–H groups in total. The Balaban J connectivity index is 2.05. The van der Waals surface area contributed by atoms with Gasteiger partial charge in [0.15, 0.2) is 12.3 Å². The molecule has 2 rings (SSSR count). The van der Waals surface area contributed by atoms with Gasteiger partial charge >= 0.3 is 5.97 Å². The first-order valence-electron chi connectivity index (χ1n) is 6.34. The van der Waals surface area contributed by atoms with Crippen LogP contribution >= 0.6 is 0 Å². The number of aromatic nitrogens is 2. The zero-order valence-corrected chi connectivity index (χ0v) is 12.1. The molecule has 0 saturated carbocycles. The molecular formula is C15H14N2O5. The van der Waals surface area contributed by atoms with E-state index in [1.54, 1.807) is 18.2 Å². The number of nitrogens with zero attached hydrogens (tertiary/aromatic N) is 2. The van der Waals surface area contributed by atoms with Gasteiger partial charge in [0.25, 0.3) is 0 Å². The number of esters is 1.